The SMILES string of the molecule is C=CC(=O)OC.C=CCOC(=O)C=C. The molecule has 0 aliphatic rings. The van der Waals surface area contributed by atoms with Crippen molar-refractivity contribution >= 4 is 11.9 Å². The first-order valence-corrected chi connectivity index (χ1v) is 3.72. The number of ether oxygens (including phenoxy) is 2. The summed E-state index contributed by atoms with van der Waals surface area (Å²) in [6.07, 6.45) is 3.73. The second-order valence-corrected chi connectivity index (χ2v) is 1.85. The van der Waals surface area contributed by atoms with Gasteiger partial charge >= 0.3 is 11.9 Å². The summed E-state index contributed by atoms with van der Waals surface area (Å²) in [6, 6.07) is 0. The molecule has 4 nitrogen and oxygen atoms in total. The van der Waals surface area contributed by atoms with Crippen molar-refractivity contribution in [2.45, 2.75) is 0 Å². The normalized spacial score (nSPS) is 7.21. The Morgan fingerprint density at radius 1 is 1.14 bits per heavy atom. The van der Waals surface area contributed by atoms with Crippen LogP contribution in [0.3, 0.4) is 0 Å². The highest BCUT2D eigenvalue weighted by molar-refractivity contribution is 5.81. The Labute approximate surface area is 83.5 Å². The topological polar surface area (TPSA) is 52.6 Å². The minimum Gasteiger partial charge on any atom is -0.466 e. The molecule has 0 aliphatic heterocycles. The fourth-order valence-electron chi connectivity index (χ4n) is 0.283. The number of rotatable bonds is 4. The third-order valence-electron chi connectivity index (χ3n) is 0.878. The Bertz CT molecular complexity index is 218. The van der Waals surface area contributed by atoms with Crippen LogP contribution >= 0.6 is 0 Å². The van der Waals surface area contributed by atoms with Crippen molar-refractivity contribution in [3.63, 3.8) is 0 Å². The van der Waals surface area contributed by atoms with Gasteiger partial charge in [0.1, 0.15) is 6.61 Å². The van der Waals surface area contributed by atoms with Crippen LogP contribution in [0.4, 0.5) is 0 Å². The van der Waals surface area contributed by atoms with Crippen LogP contribution in [0.15, 0.2) is 38.0 Å². The summed E-state index contributed by atoms with van der Waals surface area (Å²) in [4.78, 5) is 20.0. The van der Waals surface area contributed by atoms with E-state index in [4.69, 9.17) is 0 Å². The van der Waals surface area contributed by atoms with E-state index in [0.717, 1.165) is 12.2 Å². The Hall–Kier alpha value is -1.84. The molecule has 0 aromatic heterocycles. The van der Waals surface area contributed by atoms with Crippen molar-refractivity contribution in [1.82, 2.24) is 0 Å². The number of esters is 2. The van der Waals surface area contributed by atoms with Gasteiger partial charge in [0.05, 0.1) is 7.11 Å². The molecule has 0 saturated heterocycles. The molecule has 0 aromatic carbocycles. The second kappa shape index (κ2) is 11.2. The van der Waals surface area contributed by atoms with Crippen LogP contribution in [-0.4, -0.2) is 25.7 Å². The first-order valence-electron chi connectivity index (χ1n) is 3.72. The highest BCUT2D eigenvalue weighted by atomic mass is 16.5. The molecular formula is C10H14O4. The Balaban J connectivity index is 0. The van der Waals surface area contributed by atoms with Crippen molar-refractivity contribution in [3.8, 4) is 0 Å². The van der Waals surface area contributed by atoms with Gasteiger partial charge in [-0.2, -0.15) is 0 Å². The van der Waals surface area contributed by atoms with Crippen molar-refractivity contribution < 1.29 is 19.1 Å². The monoisotopic (exact) mass is 198 g/mol. The Morgan fingerprint density at radius 3 is 1.86 bits per heavy atom. The highest BCUT2D eigenvalue weighted by Crippen LogP contribution is 1.77. The number of methoxy groups -OCH3 is 1. The third kappa shape index (κ3) is 12.8. The Morgan fingerprint density at radius 2 is 1.64 bits per heavy atom. The molecular weight excluding hydrogens is 184 g/mol. The largest absolute Gasteiger partial charge is 0.466 e. The molecule has 0 aromatic rings. The maximum Gasteiger partial charge on any atom is 0.330 e. The number of carbonyl (C=O) groups is 2. The van der Waals surface area contributed by atoms with Gasteiger partial charge in [-0.15, -0.1) is 0 Å². The van der Waals surface area contributed by atoms with E-state index in [0.29, 0.717) is 0 Å². The number of hydrogen-bond acceptors (Lipinski definition) is 4. The van der Waals surface area contributed by atoms with Gasteiger partial charge < -0.3 is 9.47 Å². The molecule has 0 bridgehead atoms. The van der Waals surface area contributed by atoms with E-state index >= 15 is 0 Å². The van der Waals surface area contributed by atoms with Crippen molar-refractivity contribution in [1.29, 1.82) is 0 Å². The lowest BCUT2D eigenvalue weighted by Gasteiger charge is -1.92. The summed E-state index contributed by atoms with van der Waals surface area (Å²) >= 11 is 0. The summed E-state index contributed by atoms with van der Waals surface area (Å²) < 4.78 is 8.61. The zero-order chi connectivity index (χ0) is 11.4. The second-order valence-electron chi connectivity index (χ2n) is 1.85. The fourth-order valence-corrected chi connectivity index (χ4v) is 0.283. The lowest BCUT2D eigenvalue weighted by atomic mass is 10.6. The zero-order valence-corrected chi connectivity index (χ0v) is 8.19. The maximum absolute atomic E-state index is 10.2. The first-order chi connectivity index (χ1) is 6.62. The van der Waals surface area contributed by atoms with E-state index in [9.17, 15) is 9.59 Å². The van der Waals surface area contributed by atoms with E-state index in [-0.39, 0.29) is 6.61 Å². The third-order valence-corrected chi connectivity index (χ3v) is 0.878. The minimum atomic E-state index is -0.412. The molecule has 0 unspecified atom stereocenters. The molecule has 0 heterocycles. The lowest BCUT2D eigenvalue weighted by Crippen LogP contribution is -1.98. The van der Waals surface area contributed by atoms with Crippen LogP contribution in [0.2, 0.25) is 0 Å². The van der Waals surface area contributed by atoms with Gasteiger partial charge in [-0.05, 0) is 0 Å². The van der Waals surface area contributed by atoms with Gasteiger partial charge in [0.25, 0.3) is 0 Å². The van der Waals surface area contributed by atoms with Gasteiger partial charge in [0, 0.05) is 12.2 Å². The van der Waals surface area contributed by atoms with Crippen LogP contribution < -0.4 is 0 Å². The summed E-state index contributed by atoms with van der Waals surface area (Å²) in [5, 5.41) is 0. The molecule has 0 rings (SSSR count). The number of carbonyl (C=O) groups excluding carboxylic acids is 2. The Kier molecular flexibility index (Phi) is 11.7. The smallest absolute Gasteiger partial charge is 0.330 e. The van der Waals surface area contributed by atoms with Gasteiger partial charge in [-0.1, -0.05) is 25.8 Å². The molecule has 4 heteroatoms. The average molecular weight is 198 g/mol. The average Bonchev–Trinajstić information content (AvgIpc) is 2.25. The van der Waals surface area contributed by atoms with Crippen LogP contribution in [0.5, 0.6) is 0 Å². The minimum absolute atomic E-state index is 0.255. The zero-order valence-electron chi connectivity index (χ0n) is 8.19. The molecule has 0 N–H and O–H groups in total. The molecule has 0 atom stereocenters. The van der Waals surface area contributed by atoms with E-state index in [1.54, 1.807) is 0 Å². The van der Waals surface area contributed by atoms with E-state index in [2.05, 4.69) is 29.2 Å². The molecule has 78 valence electrons. The van der Waals surface area contributed by atoms with E-state index in [1.165, 1.54) is 13.2 Å². The van der Waals surface area contributed by atoms with Crippen LogP contribution in [0.25, 0.3) is 0 Å². The predicted octanol–water partition coefficient (Wildman–Crippen LogP) is 1.25. The van der Waals surface area contributed by atoms with Gasteiger partial charge in [0.2, 0.25) is 0 Å². The summed E-state index contributed by atoms with van der Waals surface area (Å²) in [5.74, 6) is -0.806. The first kappa shape index (κ1) is 14.7. The molecule has 0 aliphatic carbocycles. The lowest BCUT2D eigenvalue weighted by molar-refractivity contribution is -0.136. The summed E-state index contributed by atoms with van der Waals surface area (Å²) in [5.41, 5.74) is 0. The molecule has 0 amide bonds. The van der Waals surface area contributed by atoms with Gasteiger partial charge in [0.15, 0.2) is 0 Å². The summed E-state index contributed by atoms with van der Waals surface area (Å²) in [7, 11) is 1.31. The standard InChI is InChI=1S/C6H8O2.C4H6O2/c1-3-5-8-6(7)4-2;1-3-4(5)6-2/h3-4H,1-2,5H2;3H,1H2,2H3. The van der Waals surface area contributed by atoms with Crippen LogP contribution in [0, 0.1) is 0 Å². The molecule has 0 saturated carbocycles. The van der Waals surface area contributed by atoms with Gasteiger partial charge in [-0.3, -0.25) is 0 Å². The number of hydrogen-bond donors (Lipinski definition) is 0. The predicted molar refractivity (Wildman–Crippen MR) is 53.6 cm³/mol. The van der Waals surface area contributed by atoms with E-state index in [1.807, 2.05) is 0 Å². The van der Waals surface area contributed by atoms with E-state index < -0.39 is 11.9 Å². The quantitative estimate of drug-likeness (QED) is 0.387. The maximum atomic E-state index is 10.2. The van der Waals surface area contributed by atoms with Gasteiger partial charge in [-0.25, -0.2) is 9.59 Å². The van der Waals surface area contributed by atoms with Crippen LogP contribution in [-0.2, 0) is 19.1 Å². The summed E-state index contributed by atoms with van der Waals surface area (Å²) in [6.45, 7) is 9.97. The molecule has 0 spiro atoms. The van der Waals surface area contributed by atoms with Crippen molar-refractivity contribution in [3.05, 3.63) is 38.0 Å². The van der Waals surface area contributed by atoms with Crippen molar-refractivity contribution in [2.24, 2.45) is 0 Å². The highest BCUT2D eigenvalue weighted by Gasteiger charge is 1.87. The van der Waals surface area contributed by atoms with Crippen molar-refractivity contribution in [2.75, 3.05) is 13.7 Å². The fraction of sp³-hybridized carbons (Fsp3) is 0.200. The molecule has 0 fully saturated rings. The molecule has 0 radical (unpaired) electrons. The van der Waals surface area contributed by atoms with Crippen LogP contribution in [0.1, 0.15) is 0 Å². The molecule has 14 heavy (non-hydrogen) atoms.